The van der Waals surface area contributed by atoms with E-state index in [2.05, 4.69) is 0 Å². The monoisotopic (exact) mass is 406 g/mol. The molecule has 0 spiro atoms. The molecule has 3 rings (SSSR count). The molecule has 2 aliphatic rings. The zero-order valence-corrected chi connectivity index (χ0v) is 17.4. The molecule has 0 bridgehead atoms. The van der Waals surface area contributed by atoms with Gasteiger partial charge in [-0.2, -0.15) is 0 Å². The van der Waals surface area contributed by atoms with Crippen molar-refractivity contribution in [1.82, 2.24) is 14.0 Å². The summed E-state index contributed by atoms with van der Waals surface area (Å²) < 4.78 is 7.64. The van der Waals surface area contributed by atoms with E-state index in [1.807, 2.05) is 9.80 Å². The van der Waals surface area contributed by atoms with Crippen LogP contribution in [-0.4, -0.2) is 58.7 Å². The zero-order valence-electron chi connectivity index (χ0n) is 17.4. The van der Waals surface area contributed by atoms with Crippen LogP contribution in [0.2, 0.25) is 0 Å². The number of hydrogen-bond acceptors (Lipinski definition) is 6. The molecule has 0 aromatic carbocycles. The third-order valence-corrected chi connectivity index (χ3v) is 6.10. The number of nitrogens with zero attached hydrogens (tertiary/aromatic N) is 4. The summed E-state index contributed by atoms with van der Waals surface area (Å²) in [5.74, 6) is 0.411. The zero-order chi connectivity index (χ0) is 21.1. The lowest BCUT2D eigenvalue weighted by Crippen LogP contribution is -2.47. The van der Waals surface area contributed by atoms with Gasteiger partial charge in [-0.15, -0.1) is 0 Å². The highest BCUT2D eigenvalue weighted by Crippen LogP contribution is 2.26. The molecule has 0 aliphatic carbocycles. The number of likely N-dealkylation sites (tertiary alicyclic amines) is 1. The second-order valence-electron chi connectivity index (χ2n) is 7.85. The van der Waals surface area contributed by atoms with Crippen LogP contribution >= 0.6 is 0 Å². The molecule has 2 fully saturated rings. The average molecular weight is 406 g/mol. The Bertz CT molecular complexity index is 874. The molecule has 9 heteroatoms. The van der Waals surface area contributed by atoms with Gasteiger partial charge in [0.1, 0.15) is 5.82 Å². The molecule has 1 aromatic rings. The van der Waals surface area contributed by atoms with Gasteiger partial charge in [0.15, 0.2) is 0 Å². The maximum atomic E-state index is 12.9. The van der Waals surface area contributed by atoms with E-state index in [0.717, 1.165) is 4.57 Å². The van der Waals surface area contributed by atoms with Crippen LogP contribution in [0.4, 0.5) is 5.82 Å². The topological polar surface area (TPSA) is 93.8 Å². The average Bonchev–Trinajstić information content (AvgIpc) is 2.74. The molecule has 9 nitrogen and oxygen atoms in total. The molecule has 0 atom stereocenters. The minimum Gasteiger partial charge on any atom is -0.466 e. The number of piperidine rings is 2. The first kappa shape index (κ1) is 21.1. The van der Waals surface area contributed by atoms with Crippen molar-refractivity contribution >= 4 is 17.7 Å². The number of ether oxygens (including phenoxy) is 1. The van der Waals surface area contributed by atoms with Gasteiger partial charge in [-0.1, -0.05) is 0 Å². The molecule has 2 aliphatic heterocycles. The van der Waals surface area contributed by atoms with Crippen molar-refractivity contribution in [2.45, 2.75) is 32.6 Å². The van der Waals surface area contributed by atoms with Crippen LogP contribution in [0.1, 0.15) is 32.6 Å². The van der Waals surface area contributed by atoms with Gasteiger partial charge in [0.25, 0.3) is 5.56 Å². The Kier molecular flexibility index (Phi) is 6.44. The fourth-order valence-electron chi connectivity index (χ4n) is 4.23. The second kappa shape index (κ2) is 8.84. The maximum absolute atomic E-state index is 12.9. The number of hydrogen-bond donors (Lipinski definition) is 0. The van der Waals surface area contributed by atoms with Crippen molar-refractivity contribution in [3.63, 3.8) is 0 Å². The number of aromatic nitrogens is 2. The van der Waals surface area contributed by atoms with Crippen molar-refractivity contribution in [2.24, 2.45) is 25.9 Å². The lowest BCUT2D eigenvalue weighted by Gasteiger charge is -2.37. The molecule has 0 unspecified atom stereocenters. The van der Waals surface area contributed by atoms with Crippen LogP contribution < -0.4 is 16.1 Å². The van der Waals surface area contributed by atoms with E-state index in [9.17, 15) is 19.2 Å². The highest BCUT2D eigenvalue weighted by atomic mass is 16.5. The summed E-state index contributed by atoms with van der Waals surface area (Å²) in [6.07, 6.45) is 2.66. The van der Waals surface area contributed by atoms with Crippen molar-refractivity contribution < 1.29 is 14.3 Å². The minimum atomic E-state index is -0.352. The van der Waals surface area contributed by atoms with Gasteiger partial charge in [0, 0.05) is 52.3 Å². The number of carbonyl (C=O) groups is 2. The third kappa shape index (κ3) is 4.38. The number of carbonyl (C=O) groups excluding carboxylic acids is 2. The number of rotatable bonds is 4. The van der Waals surface area contributed by atoms with Crippen LogP contribution in [0, 0.1) is 11.8 Å². The Morgan fingerprint density at radius 3 is 2.14 bits per heavy atom. The Labute approximate surface area is 169 Å². The van der Waals surface area contributed by atoms with E-state index in [1.54, 1.807) is 14.0 Å². The SMILES string of the molecule is CCOC(=O)C1CCN(C(=O)C2CCN(c3cc(=O)n(C)c(=O)n3C)CC2)CC1. The van der Waals surface area contributed by atoms with Crippen LogP contribution in [0.25, 0.3) is 0 Å². The second-order valence-corrected chi connectivity index (χ2v) is 7.85. The van der Waals surface area contributed by atoms with Gasteiger partial charge in [0.2, 0.25) is 5.91 Å². The van der Waals surface area contributed by atoms with Crippen LogP contribution in [0.3, 0.4) is 0 Å². The smallest absolute Gasteiger partial charge is 0.332 e. The van der Waals surface area contributed by atoms with E-state index >= 15 is 0 Å². The van der Waals surface area contributed by atoms with Gasteiger partial charge >= 0.3 is 11.7 Å². The van der Waals surface area contributed by atoms with Crippen LogP contribution in [-0.2, 0) is 28.4 Å². The fourth-order valence-corrected chi connectivity index (χ4v) is 4.23. The largest absolute Gasteiger partial charge is 0.466 e. The first-order chi connectivity index (χ1) is 13.8. The summed E-state index contributed by atoms with van der Waals surface area (Å²) >= 11 is 0. The van der Waals surface area contributed by atoms with Crippen molar-refractivity contribution in [2.75, 3.05) is 37.7 Å². The lowest BCUT2D eigenvalue weighted by atomic mass is 9.92. The number of anilines is 1. The quantitative estimate of drug-likeness (QED) is 0.659. The summed E-state index contributed by atoms with van der Waals surface area (Å²) in [7, 11) is 3.12. The predicted molar refractivity (Wildman–Crippen MR) is 108 cm³/mol. The van der Waals surface area contributed by atoms with E-state index in [1.165, 1.54) is 17.7 Å². The number of esters is 1. The molecular weight excluding hydrogens is 376 g/mol. The van der Waals surface area contributed by atoms with Crippen LogP contribution in [0.5, 0.6) is 0 Å². The molecule has 2 saturated heterocycles. The van der Waals surface area contributed by atoms with E-state index < -0.39 is 0 Å². The van der Waals surface area contributed by atoms with Gasteiger partial charge in [-0.05, 0) is 32.6 Å². The van der Waals surface area contributed by atoms with Crippen molar-refractivity contribution in [3.8, 4) is 0 Å². The molecule has 29 heavy (non-hydrogen) atoms. The lowest BCUT2D eigenvalue weighted by molar-refractivity contribution is -0.151. The van der Waals surface area contributed by atoms with Crippen LogP contribution in [0.15, 0.2) is 15.7 Å². The molecule has 0 saturated carbocycles. The van der Waals surface area contributed by atoms with Gasteiger partial charge < -0.3 is 14.5 Å². The van der Waals surface area contributed by atoms with Crippen molar-refractivity contribution in [1.29, 1.82) is 0 Å². The molecule has 1 amide bonds. The predicted octanol–water partition coefficient (Wildman–Crippen LogP) is 0.102. The minimum absolute atomic E-state index is 0.0611. The Morgan fingerprint density at radius 2 is 1.55 bits per heavy atom. The summed E-state index contributed by atoms with van der Waals surface area (Å²) in [5.41, 5.74) is -0.680. The molecule has 160 valence electrons. The fraction of sp³-hybridized carbons (Fsp3) is 0.700. The summed E-state index contributed by atoms with van der Waals surface area (Å²) in [5, 5.41) is 0. The molecule has 0 radical (unpaired) electrons. The molecule has 0 N–H and O–H groups in total. The van der Waals surface area contributed by atoms with Gasteiger partial charge in [0.05, 0.1) is 12.5 Å². The van der Waals surface area contributed by atoms with E-state index in [-0.39, 0.29) is 35.0 Å². The van der Waals surface area contributed by atoms with Crippen molar-refractivity contribution in [3.05, 3.63) is 26.9 Å². The third-order valence-electron chi connectivity index (χ3n) is 6.10. The first-order valence-electron chi connectivity index (χ1n) is 10.3. The van der Waals surface area contributed by atoms with E-state index in [4.69, 9.17) is 4.74 Å². The molecule has 1 aromatic heterocycles. The highest BCUT2D eigenvalue weighted by Gasteiger charge is 2.33. The van der Waals surface area contributed by atoms with Gasteiger partial charge in [-0.3, -0.25) is 23.5 Å². The number of amides is 1. The summed E-state index contributed by atoms with van der Waals surface area (Å²) in [4.78, 5) is 52.8. The normalized spacial score (nSPS) is 18.7. The highest BCUT2D eigenvalue weighted by molar-refractivity contribution is 5.80. The standard InChI is InChI=1S/C20H30N4O5/c1-4-29-19(27)15-7-11-24(12-8-15)18(26)14-5-9-23(10-6-14)16-13-17(25)22(3)20(28)21(16)2/h13-15H,4-12H2,1-3H3. The summed E-state index contributed by atoms with van der Waals surface area (Å²) in [6.45, 7) is 4.60. The van der Waals surface area contributed by atoms with E-state index in [0.29, 0.717) is 64.3 Å². The maximum Gasteiger partial charge on any atom is 0.332 e. The first-order valence-corrected chi connectivity index (χ1v) is 10.3. The molecule has 3 heterocycles. The molecular formula is C20H30N4O5. The summed E-state index contributed by atoms with van der Waals surface area (Å²) in [6, 6.07) is 1.48. The Hall–Kier alpha value is -2.58. The Morgan fingerprint density at radius 1 is 0.966 bits per heavy atom. The Balaban J connectivity index is 1.56. The van der Waals surface area contributed by atoms with Gasteiger partial charge in [-0.25, -0.2) is 4.79 Å².